The fourth-order valence-corrected chi connectivity index (χ4v) is 3.71. The number of furan rings is 1. The van der Waals surface area contributed by atoms with Gasteiger partial charge in [-0.05, 0) is 36.6 Å². The first kappa shape index (κ1) is 16.9. The van der Waals surface area contributed by atoms with Crippen molar-refractivity contribution in [2.75, 3.05) is 0 Å². The van der Waals surface area contributed by atoms with Crippen LogP contribution in [-0.2, 0) is 12.3 Å². The van der Waals surface area contributed by atoms with Gasteiger partial charge in [0.05, 0.1) is 12.0 Å². The van der Waals surface area contributed by atoms with Crippen LogP contribution < -0.4 is 0 Å². The molecule has 4 aromatic rings. The van der Waals surface area contributed by atoms with E-state index >= 15 is 0 Å². The van der Waals surface area contributed by atoms with Crippen molar-refractivity contribution in [1.29, 1.82) is 0 Å². The third kappa shape index (κ3) is 3.39. The second-order valence-electron chi connectivity index (χ2n) is 6.78. The molecule has 4 rings (SSSR count). The second kappa shape index (κ2) is 6.99. The maximum Gasteiger partial charge on any atom is 0.200 e. The van der Waals surface area contributed by atoms with Crippen LogP contribution in [0.2, 0.25) is 0 Å². The molecule has 0 aliphatic carbocycles. The minimum atomic E-state index is 0.484. The molecule has 7 heteroatoms. The van der Waals surface area contributed by atoms with Gasteiger partial charge >= 0.3 is 0 Å². The summed E-state index contributed by atoms with van der Waals surface area (Å²) in [5, 5.41) is 9.63. The van der Waals surface area contributed by atoms with Gasteiger partial charge in [-0.15, -0.1) is 10.2 Å². The number of hydrogen-bond acceptors (Lipinski definition) is 5. The molecule has 0 aliphatic heterocycles. The lowest BCUT2D eigenvalue weighted by molar-refractivity contribution is 0.489. The van der Waals surface area contributed by atoms with Crippen LogP contribution in [0.4, 0.5) is 0 Å². The molecule has 0 saturated carbocycles. The van der Waals surface area contributed by atoms with Crippen molar-refractivity contribution in [2.24, 2.45) is 5.92 Å². The van der Waals surface area contributed by atoms with Gasteiger partial charge in [-0.2, -0.15) is 0 Å². The smallest absolute Gasteiger partial charge is 0.200 e. The number of aromatic nitrogens is 5. The SMILES string of the molecule is Cc1ccc2nc(CSc3nnc(-c4ccco4)n3CC(C)C)cn2c1. The van der Waals surface area contributed by atoms with Crippen LogP contribution >= 0.6 is 11.8 Å². The van der Waals surface area contributed by atoms with Gasteiger partial charge in [0, 0.05) is 24.7 Å². The number of fused-ring (bicyclic) bond motifs is 1. The Morgan fingerprint density at radius 3 is 2.81 bits per heavy atom. The molecule has 0 N–H and O–H groups in total. The van der Waals surface area contributed by atoms with Crippen molar-refractivity contribution in [1.82, 2.24) is 24.1 Å². The number of hydrogen-bond donors (Lipinski definition) is 0. The van der Waals surface area contributed by atoms with Gasteiger partial charge < -0.3 is 8.82 Å². The van der Waals surface area contributed by atoms with Crippen LogP contribution in [0.5, 0.6) is 0 Å². The molecular formula is C19H21N5OS. The quantitative estimate of drug-likeness (QED) is 0.471. The summed E-state index contributed by atoms with van der Waals surface area (Å²) in [5.41, 5.74) is 3.21. The van der Waals surface area contributed by atoms with E-state index in [1.54, 1.807) is 18.0 Å². The number of rotatable bonds is 6. The van der Waals surface area contributed by atoms with Gasteiger partial charge in [-0.1, -0.05) is 31.7 Å². The first-order valence-corrected chi connectivity index (χ1v) is 9.63. The van der Waals surface area contributed by atoms with Gasteiger partial charge in [0.25, 0.3) is 0 Å². The molecule has 0 spiro atoms. The minimum absolute atomic E-state index is 0.484. The van der Waals surface area contributed by atoms with E-state index in [1.807, 2.05) is 18.2 Å². The molecule has 0 bridgehead atoms. The van der Waals surface area contributed by atoms with E-state index in [0.717, 1.165) is 40.4 Å². The second-order valence-corrected chi connectivity index (χ2v) is 7.72. The van der Waals surface area contributed by atoms with E-state index in [0.29, 0.717) is 5.92 Å². The first-order valence-electron chi connectivity index (χ1n) is 8.64. The molecule has 4 heterocycles. The Labute approximate surface area is 156 Å². The maximum absolute atomic E-state index is 5.52. The average Bonchev–Trinajstić information content (AvgIpc) is 3.31. The molecule has 0 amide bonds. The van der Waals surface area contributed by atoms with Crippen LogP contribution in [0.15, 0.2) is 52.5 Å². The van der Waals surface area contributed by atoms with Crippen LogP contribution in [0, 0.1) is 12.8 Å². The number of nitrogens with zero attached hydrogens (tertiary/aromatic N) is 5. The zero-order valence-corrected chi connectivity index (χ0v) is 15.9. The number of imidazole rings is 1. The van der Waals surface area contributed by atoms with E-state index in [9.17, 15) is 0 Å². The Hall–Kier alpha value is -2.54. The van der Waals surface area contributed by atoms with Crippen molar-refractivity contribution in [3.8, 4) is 11.6 Å². The molecule has 0 saturated heterocycles. The van der Waals surface area contributed by atoms with E-state index in [1.165, 1.54) is 5.56 Å². The number of pyridine rings is 1. The Morgan fingerprint density at radius 2 is 2.04 bits per heavy atom. The monoisotopic (exact) mass is 367 g/mol. The predicted octanol–water partition coefficient (Wildman–Crippen LogP) is 4.44. The van der Waals surface area contributed by atoms with Gasteiger partial charge in [-0.25, -0.2) is 4.98 Å². The highest BCUT2D eigenvalue weighted by molar-refractivity contribution is 7.98. The van der Waals surface area contributed by atoms with Crippen molar-refractivity contribution < 1.29 is 4.42 Å². The van der Waals surface area contributed by atoms with Gasteiger partial charge in [-0.3, -0.25) is 4.57 Å². The summed E-state index contributed by atoms with van der Waals surface area (Å²) in [7, 11) is 0. The fourth-order valence-electron chi connectivity index (χ4n) is 2.88. The zero-order valence-electron chi connectivity index (χ0n) is 15.1. The van der Waals surface area contributed by atoms with Crippen molar-refractivity contribution >= 4 is 17.4 Å². The molecule has 0 aliphatic rings. The fraction of sp³-hybridized carbons (Fsp3) is 0.316. The number of aryl methyl sites for hydroxylation is 1. The zero-order chi connectivity index (χ0) is 18.1. The Balaban J connectivity index is 1.58. The predicted molar refractivity (Wildman–Crippen MR) is 102 cm³/mol. The van der Waals surface area contributed by atoms with E-state index in [-0.39, 0.29) is 0 Å². The normalized spacial score (nSPS) is 11.7. The summed E-state index contributed by atoms with van der Waals surface area (Å²) < 4.78 is 9.72. The average molecular weight is 367 g/mol. The molecule has 0 unspecified atom stereocenters. The minimum Gasteiger partial charge on any atom is -0.461 e. The van der Waals surface area contributed by atoms with Crippen molar-refractivity contribution in [3.63, 3.8) is 0 Å². The molecule has 0 atom stereocenters. The molecule has 0 radical (unpaired) electrons. The first-order chi connectivity index (χ1) is 12.6. The summed E-state index contributed by atoms with van der Waals surface area (Å²) in [6.45, 7) is 7.30. The van der Waals surface area contributed by atoms with Crippen LogP contribution in [0.3, 0.4) is 0 Å². The topological polar surface area (TPSA) is 61.2 Å². The molecule has 4 aromatic heterocycles. The Morgan fingerprint density at radius 1 is 1.15 bits per heavy atom. The number of thioether (sulfide) groups is 1. The lowest BCUT2D eigenvalue weighted by Gasteiger charge is -2.11. The van der Waals surface area contributed by atoms with E-state index in [2.05, 4.69) is 63.4 Å². The van der Waals surface area contributed by atoms with Gasteiger partial charge in [0.15, 0.2) is 16.7 Å². The molecule has 0 fully saturated rings. The Bertz CT molecular complexity index is 1020. The highest BCUT2D eigenvalue weighted by Crippen LogP contribution is 2.27. The van der Waals surface area contributed by atoms with Gasteiger partial charge in [0.2, 0.25) is 0 Å². The summed E-state index contributed by atoms with van der Waals surface area (Å²) in [4.78, 5) is 4.68. The third-order valence-corrected chi connectivity index (χ3v) is 5.00. The molecule has 134 valence electrons. The molecule has 6 nitrogen and oxygen atoms in total. The van der Waals surface area contributed by atoms with Crippen molar-refractivity contribution in [3.05, 3.63) is 54.2 Å². The highest BCUT2D eigenvalue weighted by atomic mass is 32.2. The van der Waals surface area contributed by atoms with E-state index in [4.69, 9.17) is 4.42 Å². The standard InChI is InChI=1S/C19H21N5OS/c1-13(2)9-24-18(16-5-4-8-25-16)21-22-19(24)26-12-15-11-23-10-14(3)6-7-17(23)20-15/h4-8,10-11,13H,9,12H2,1-3H3. The maximum atomic E-state index is 5.52. The Kier molecular flexibility index (Phi) is 4.55. The van der Waals surface area contributed by atoms with Gasteiger partial charge in [0.1, 0.15) is 5.65 Å². The van der Waals surface area contributed by atoms with Crippen LogP contribution in [0.25, 0.3) is 17.2 Å². The lowest BCUT2D eigenvalue weighted by atomic mass is 10.2. The summed E-state index contributed by atoms with van der Waals surface area (Å²) in [6.07, 6.45) is 5.83. The molecular weight excluding hydrogens is 346 g/mol. The van der Waals surface area contributed by atoms with Crippen molar-refractivity contribution in [2.45, 2.75) is 38.2 Å². The molecule has 26 heavy (non-hydrogen) atoms. The summed E-state index contributed by atoms with van der Waals surface area (Å²) >= 11 is 1.65. The summed E-state index contributed by atoms with van der Waals surface area (Å²) in [6, 6.07) is 7.91. The third-order valence-electron chi connectivity index (χ3n) is 4.00. The largest absolute Gasteiger partial charge is 0.461 e. The molecule has 0 aromatic carbocycles. The summed E-state index contributed by atoms with van der Waals surface area (Å²) in [5.74, 6) is 2.75. The lowest BCUT2D eigenvalue weighted by Crippen LogP contribution is -2.07. The van der Waals surface area contributed by atoms with E-state index < -0.39 is 0 Å². The van der Waals surface area contributed by atoms with Crippen LogP contribution in [-0.4, -0.2) is 24.1 Å². The highest BCUT2D eigenvalue weighted by Gasteiger charge is 2.17. The van der Waals surface area contributed by atoms with Crippen LogP contribution in [0.1, 0.15) is 25.1 Å².